The highest BCUT2D eigenvalue weighted by Gasteiger charge is 2.27. The van der Waals surface area contributed by atoms with Crippen LogP contribution in [0.1, 0.15) is 75.7 Å². The van der Waals surface area contributed by atoms with Gasteiger partial charge in [-0.3, -0.25) is 4.99 Å². The molecule has 0 amide bonds. The van der Waals surface area contributed by atoms with Crippen LogP contribution in [0.3, 0.4) is 0 Å². The minimum atomic E-state index is 0.232. The third-order valence-corrected chi connectivity index (χ3v) is 8.86. The van der Waals surface area contributed by atoms with Gasteiger partial charge < -0.3 is 9.73 Å². The van der Waals surface area contributed by atoms with Crippen LogP contribution in [0.25, 0.3) is 16.5 Å². The van der Waals surface area contributed by atoms with Gasteiger partial charge in [-0.05, 0) is 80.9 Å². The molecule has 3 aliphatic carbocycles. The van der Waals surface area contributed by atoms with Gasteiger partial charge in [-0.15, -0.1) is 0 Å². The Balaban J connectivity index is 1.27. The molecule has 3 aromatic rings. The first-order valence-electron chi connectivity index (χ1n) is 14.6. The van der Waals surface area contributed by atoms with Crippen molar-refractivity contribution in [1.29, 1.82) is 0 Å². The van der Waals surface area contributed by atoms with Gasteiger partial charge in [0.2, 0.25) is 0 Å². The van der Waals surface area contributed by atoms with E-state index in [1.54, 1.807) is 0 Å². The van der Waals surface area contributed by atoms with Gasteiger partial charge in [0.15, 0.2) is 0 Å². The average Bonchev–Trinajstić information content (AvgIpc) is 3.35. The van der Waals surface area contributed by atoms with Gasteiger partial charge in [-0.2, -0.15) is 0 Å². The number of allylic oxidation sites excluding steroid dienone is 3. The highest BCUT2D eigenvalue weighted by molar-refractivity contribution is 5.95. The third kappa shape index (κ3) is 5.04. The predicted octanol–water partition coefficient (Wildman–Crippen LogP) is 9.36. The lowest BCUT2D eigenvalue weighted by molar-refractivity contribution is 0.339. The van der Waals surface area contributed by atoms with Crippen molar-refractivity contribution in [2.45, 2.75) is 71.3 Å². The van der Waals surface area contributed by atoms with Gasteiger partial charge in [0.05, 0.1) is 12.4 Å². The number of rotatable bonds is 7. The van der Waals surface area contributed by atoms with Gasteiger partial charge in [0.1, 0.15) is 11.3 Å². The Morgan fingerprint density at radius 1 is 0.974 bits per heavy atom. The molecule has 0 saturated carbocycles. The molecule has 0 fully saturated rings. The van der Waals surface area contributed by atoms with Crippen LogP contribution >= 0.6 is 0 Å². The SMILES string of the molecule is CC(C)C1CC=C(C(N=CNc2ccccc2C2=CCCc3c2oc2ccccc32)[C@H]2C=CCCC2)CC1. The molecule has 3 heteroatoms. The molecule has 3 atom stereocenters. The number of anilines is 1. The quantitative estimate of drug-likeness (QED) is 0.198. The number of benzene rings is 2. The normalized spacial score (nSPS) is 22.4. The van der Waals surface area contributed by atoms with E-state index in [-0.39, 0.29) is 6.04 Å². The molecule has 1 aromatic heterocycles. The molecular weight excluding hydrogens is 464 g/mol. The predicted molar refractivity (Wildman–Crippen MR) is 161 cm³/mol. The zero-order chi connectivity index (χ0) is 25.9. The van der Waals surface area contributed by atoms with E-state index in [4.69, 9.17) is 9.41 Å². The summed E-state index contributed by atoms with van der Waals surface area (Å²) in [5.74, 6) is 3.07. The third-order valence-electron chi connectivity index (χ3n) is 8.86. The topological polar surface area (TPSA) is 37.5 Å². The van der Waals surface area contributed by atoms with Gasteiger partial charge in [-0.25, -0.2) is 0 Å². The molecule has 0 aliphatic heterocycles. The second kappa shape index (κ2) is 11.2. The van der Waals surface area contributed by atoms with Crippen LogP contribution in [0.4, 0.5) is 5.69 Å². The minimum Gasteiger partial charge on any atom is -0.456 e. The van der Waals surface area contributed by atoms with Gasteiger partial charge >= 0.3 is 0 Å². The second-order valence-electron chi connectivity index (χ2n) is 11.6. The van der Waals surface area contributed by atoms with Crippen molar-refractivity contribution in [3.63, 3.8) is 0 Å². The molecule has 0 spiro atoms. The maximum atomic E-state index is 6.39. The van der Waals surface area contributed by atoms with E-state index in [2.05, 4.69) is 92.0 Å². The lowest BCUT2D eigenvalue weighted by Crippen LogP contribution is -2.25. The maximum absolute atomic E-state index is 6.39. The van der Waals surface area contributed by atoms with E-state index in [9.17, 15) is 0 Å². The van der Waals surface area contributed by atoms with E-state index in [0.717, 1.165) is 41.7 Å². The molecule has 3 aliphatic rings. The second-order valence-corrected chi connectivity index (χ2v) is 11.6. The molecule has 38 heavy (non-hydrogen) atoms. The molecule has 0 bridgehead atoms. The number of aliphatic imine (C=N–C) groups is 1. The first-order valence-corrected chi connectivity index (χ1v) is 14.6. The summed E-state index contributed by atoms with van der Waals surface area (Å²) in [6.07, 6.45) is 21.0. The largest absolute Gasteiger partial charge is 0.456 e. The lowest BCUT2D eigenvalue weighted by atomic mass is 9.77. The van der Waals surface area contributed by atoms with Crippen molar-refractivity contribution < 1.29 is 4.42 Å². The van der Waals surface area contributed by atoms with Gasteiger partial charge in [0.25, 0.3) is 0 Å². The average molecular weight is 505 g/mol. The molecule has 0 radical (unpaired) electrons. The lowest BCUT2D eigenvalue weighted by Gasteiger charge is -2.31. The fourth-order valence-electron chi connectivity index (χ4n) is 6.61. The van der Waals surface area contributed by atoms with Crippen LogP contribution < -0.4 is 5.32 Å². The Labute approximate surface area is 227 Å². The Kier molecular flexibility index (Phi) is 7.35. The van der Waals surface area contributed by atoms with Gasteiger partial charge in [0, 0.05) is 33.7 Å². The molecule has 3 nitrogen and oxygen atoms in total. The minimum absolute atomic E-state index is 0.232. The number of nitrogens with one attached hydrogen (secondary N) is 1. The number of hydrogen-bond acceptors (Lipinski definition) is 2. The van der Waals surface area contributed by atoms with Crippen molar-refractivity contribution >= 4 is 28.6 Å². The summed E-state index contributed by atoms with van der Waals surface area (Å²) in [4.78, 5) is 5.20. The smallest absolute Gasteiger partial charge is 0.138 e. The fraction of sp³-hybridized carbons (Fsp3) is 0.400. The van der Waals surface area contributed by atoms with Crippen LogP contribution in [0, 0.1) is 17.8 Å². The van der Waals surface area contributed by atoms with Crippen molar-refractivity contribution in [3.05, 3.63) is 95.3 Å². The Hall–Kier alpha value is -3.33. The van der Waals surface area contributed by atoms with Crippen molar-refractivity contribution in [3.8, 4) is 0 Å². The molecule has 1 N–H and O–H groups in total. The van der Waals surface area contributed by atoms with Crippen molar-refractivity contribution in [2.24, 2.45) is 22.7 Å². The van der Waals surface area contributed by atoms with E-state index >= 15 is 0 Å². The standard InChI is InChI=1S/C35H40N2O/c1-24(2)25-19-21-27(22-20-25)34(26-11-4-3-5-12-26)37-23-36-32-17-8-6-13-28(32)30-15-10-16-31-29-14-7-9-18-33(29)38-35(30)31/h4,6-9,11,13-15,17-18,21,23-26,34H,3,5,10,12,16,19-20,22H2,1-2H3,(H,36,37)/t25?,26-,34?/m0/s1. The Morgan fingerprint density at radius 2 is 1.84 bits per heavy atom. The zero-order valence-electron chi connectivity index (χ0n) is 22.8. The van der Waals surface area contributed by atoms with Crippen LogP contribution in [0.2, 0.25) is 0 Å². The highest BCUT2D eigenvalue weighted by atomic mass is 16.3. The van der Waals surface area contributed by atoms with Gasteiger partial charge in [-0.1, -0.05) is 74.5 Å². The molecule has 1 heterocycles. The van der Waals surface area contributed by atoms with E-state index < -0.39 is 0 Å². The first-order chi connectivity index (χ1) is 18.7. The number of nitrogens with zero attached hydrogens (tertiary/aromatic N) is 1. The van der Waals surface area contributed by atoms with Crippen LogP contribution in [0.15, 0.2) is 87.8 Å². The number of para-hydroxylation sites is 2. The zero-order valence-corrected chi connectivity index (χ0v) is 22.8. The van der Waals surface area contributed by atoms with Crippen molar-refractivity contribution in [2.75, 3.05) is 5.32 Å². The van der Waals surface area contributed by atoms with Crippen LogP contribution in [-0.4, -0.2) is 12.4 Å². The number of hydrogen-bond donors (Lipinski definition) is 1. The summed E-state index contributed by atoms with van der Waals surface area (Å²) in [6, 6.07) is 17.2. The molecule has 2 aromatic carbocycles. The summed E-state index contributed by atoms with van der Waals surface area (Å²) in [7, 11) is 0. The van der Waals surface area contributed by atoms with Crippen molar-refractivity contribution in [1.82, 2.24) is 0 Å². The van der Waals surface area contributed by atoms with Crippen LogP contribution in [0.5, 0.6) is 0 Å². The van der Waals surface area contributed by atoms with E-state index in [1.807, 2.05) is 6.34 Å². The summed E-state index contributed by atoms with van der Waals surface area (Å²) in [5.41, 5.74) is 7.26. The van der Waals surface area contributed by atoms with Crippen LogP contribution in [-0.2, 0) is 6.42 Å². The molecular formula is C35H40N2O. The Morgan fingerprint density at radius 3 is 2.66 bits per heavy atom. The molecule has 0 saturated heterocycles. The maximum Gasteiger partial charge on any atom is 0.138 e. The van der Waals surface area contributed by atoms with E-state index in [0.29, 0.717) is 5.92 Å². The fourth-order valence-corrected chi connectivity index (χ4v) is 6.61. The summed E-state index contributed by atoms with van der Waals surface area (Å²) >= 11 is 0. The number of aryl methyl sites for hydroxylation is 1. The number of fused-ring (bicyclic) bond motifs is 3. The molecule has 2 unspecified atom stereocenters. The molecule has 196 valence electrons. The highest BCUT2D eigenvalue weighted by Crippen LogP contribution is 2.40. The summed E-state index contributed by atoms with van der Waals surface area (Å²) in [5, 5.41) is 4.83. The first kappa shape index (κ1) is 25.0. The van der Waals surface area contributed by atoms with E-state index in [1.165, 1.54) is 66.2 Å². The number of furan rings is 1. The summed E-state index contributed by atoms with van der Waals surface area (Å²) < 4.78 is 6.39. The summed E-state index contributed by atoms with van der Waals surface area (Å²) in [6.45, 7) is 4.72. The molecule has 6 rings (SSSR count). The Bertz CT molecular complexity index is 1400. The monoisotopic (exact) mass is 504 g/mol.